The molecule has 1 fully saturated rings. The van der Waals surface area contributed by atoms with Crippen LogP contribution in [0.3, 0.4) is 0 Å². The molecule has 1 atom stereocenters. The Labute approximate surface area is 126 Å². The van der Waals surface area contributed by atoms with E-state index in [0.717, 1.165) is 42.3 Å². The van der Waals surface area contributed by atoms with Crippen LogP contribution in [0.1, 0.15) is 43.9 Å². The van der Waals surface area contributed by atoms with Crippen molar-refractivity contribution in [1.82, 2.24) is 15.1 Å². The summed E-state index contributed by atoms with van der Waals surface area (Å²) in [6.45, 7) is 4.86. The minimum atomic E-state index is -0.0465. The predicted molar refractivity (Wildman–Crippen MR) is 82.3 cm³/mol. The van der Waals surface area contributed by atoms with Crippen molar-refractivity contribution in [3.8, 4) is 0 Å². The Balaban J connectivity index is 2.23. The smallest absolute Gasteiger partial charge is 0.130 e. The molecule has 20 heavy (non-hydrogen) atoms. The standard InChI is InChI=1S/C15H26ClN3O/c1-5-20-15(8-6-7-9-15)13(17-3)10-12-11(2)18-19(4)14(12)16/h13,17H,5-10H2,1-4H3. The number of aryl methyl sites for hydroxylation is 2. The third kappa shape index (κ3) is 2.87. The van der Waals surface area contributed by atoms with Crippen molar-refractivity contribution in [3.63, 3.8) is 0 Å². The van der Waals surface area contributed by atoms with Gasteiger partial charge in [0.2, 0.25) is 0 Å². The van der Waals surface area contributed by atoms with E-state index in [1.807, 2.05) is 21.0 Å². The van der Waals surface area contributed by atoms with Crippen LogP contribution in [-0.4, -0.2) is 35.1 Å². The first-order valence-electron chi connectivity index (χ1n) is 7.53. The maximum absolute atomic E-state index is 6.38. The van der Waals surface area contributed by atoms with Crippen molar-refractivity contribution in [3.05, 3.63) is 16.4 Å². The number of halogens is 1. The topological polar surface area (TPSA) is 39.1 Å². The van der Waals surface area contributed by atoms with Crippen LogP contribution < -0.4 is 5.32 Å². The minimum Gasteiger partial charge on any atom is -0.374 e. The molecule has 5 heteroatoms. The van der Waals surface area contributed by atoms with Crippen LogP contribution in [0.5, 0.6) is 0 Å². The van der Waals surface area contributed by atoms with E-state index in [-0.39, 0.29) is 11.6 Å². The number of hydrogen-bond donors (Lipinski definition) is 1. The lowest BCUT2D eigenvalue weighted by Crippen LogP contribution is -2.51. The van der Waals surface area contributed by atoms with Gasteiger partial charge in [0.15, 0.2) is 0 Å². The largest absolute Gasteiger partial charge is 0.374 e. The first-order chi connectivity index (χ1) is 9.54. The maximum Gasteiger partial charge on any atom is 0.130 e. The molecule has 0 radical (unpaired) electrons. The van der Waals surface area contributed by atoms with E-state index in [1.54, 1.807) is 4.68 Å². The highest BCUT2D eigenvalue weighted by Crippen LogP contribution is 2.38. The monoisotopic (exact) mass is 299 g/mol. The van der Waals surface area contributed by atoms with Gasteiger partial charge in [0.25, 0.3) is 0 Å². The van der Waals surface area contributed by atoms with E-state index in [9.17, 15) is 0 Å². The number of hydrogen-bond acceptors (Lipinski definition) is 3. The summed E-state index contributed by atoms with van der Waals surface area (Å²) >= 11 is 6.38. The summed E-state index contributed by atoms with van der Waals surface area (Å²) in [6, 6.07) is 0.283. The minimum absolute atomic E-state index is 0.0465. The van der Waals surface area contributed by atoms with E-state index < -0.39 is 0 Å². The van der Waals surface area contributed by atoms with E-state index in [2.05, 4.69) is 17.3 Å². The van der Waals surface area contributed by atoms with E-state index in [4.69, 9.17) is 16.3 Å². The number of aromatic nitrogens is 2. The van der Waals surface area contributed by atoms with Crippen molar-refractivity contribution in [2.75, 3.05) is 13.7 Å². The average Bonchev–Trinajstić information content (AvgIpc) is 2.96. The van der Waals surface area contributed by atoms with Gasteiger partial charge in [-0.3, -0.25) is 4.68 Å². The number of ether oxygens (including phenoxy) is 1. The van der Waals surface area contributed by atoms with Crippen molar-refractivity contribution in [1.29, 1.82) is 0 Å². The first-order valence-corrected chi connectivity index (χ1v) is 7.91. The summed E-state index contributed by atoms with van der Waals surface area (Å²) in [4.78, 5) is 0. The second-order valence-corrected chi connectivity index (χ2v) is 6.09. The van der Waals surface area contributed by atoms with Crippen molar-refractivity contribution in [2.24, 2.45) is 7.05 Å². The number of likely N-dealkylation sites (N-methyl/N-ethyl adjacent to an activating group) is 1. The maximum atomic E-state index is 6.38. The van der Waals surface area contributed by atoms with Crippen LogP contribution in [0, 0.1) is 6.92 Å². The molecule has 0 aromatic carbocycles. The molecular formula is C15H26ClN3O. The van der Waals surface area contributed by atoms with Gasteiger partial charge >= 0.3 is 0 Å². The fraction of sp³-hybridized carbons (Fsp3) is 0.800. The molecule has 1 aliphatic rings. The number of rotatable bonds is 6. The molecule has 0 bridgehead atoms. The molecule has 2 rings (SSSR count). The quantitative estimate of drug-likeness (QED) is 0.878. The summed E-state index contributed by atoms with van der Waals surface area (Å²) < 4.78 is 7.92. The van der Waals surface area contributed by atoms with Crippen LogP contribution in [0.15, 0.2) is 0 Å². The molecule has 0 spiro atoms. The Morgan fingerprint density at radius 2 is 2.10 bits per heavy atom. The highest BCUT2D eigenvalue weighted by Gasteiger charge is 2.42. The van der Waals surface area contributed by atoms with Gasteiger partial charge in [0.05, 0.1) is 11.3 Å². The Bertz CT molecular complexity index is 452. The van der Waals surface area contributed by atoms with E-state index >= 15 is 0 Å². The second-order valence-electron chi connectivity index (χ2n) is 5.73. The normalized spacial score (nSPS) is 19.4. The number of nitrogens with one attached hydrogen (secondary N) is 1. The lowest BCUT2D eigenvalue weighted by Gasteiger charge is -2.37. The first kappa shape index (κ1) is 15.8. The fourth-order valence-electron chi connectivity index (χ4n) is 3.52. The average molecular weight is 300 g/mol. The van der Waals surface area contributed by atoms with Crippen LogP contribution in [0.25, 0.3) is 0 Å². The van der Waals surface area contributed by atoms with Crippen molar-refractivity contribution < 1.29 is 4.74 Å². The Morgan fingerprint density at radius 3 is 2.55 bits per heavy atom. The second kappa shape index (κ2) is 6.46. The highest BCUT2D eigenvalue weighted by molar-refractivity contribution is 6.30. The van der Waals surface area contributed by atoms with Gasteiger partial charge in [0.1, 0.15) is 5.15 Å². The molecule has 1 aromatic rings. The van der Waals surface area contributed by atoms with Gasteiger partial charge in [-0.05, 0) is 40.2 Å². The summed E-state index contributed by atoms with van der Waals surface area (Å²) in [6.07, 6.45) is 5.62. The van der Waals surface area contributed by atoms with Gasteiger partial charge in [-0.25, -0.2) is 0 Å². The zero-order valence-electron chi connectivity index (χ0n) is 13.0. The zero-order chi connectivity index (χ0) is 14.8. The molecule has 1 unspecified atom stereocenters. The summed E-state index contributed by atoms with van der Waals surface area (Å²) in [5.41, 5.74) is 2.11. The molecule has 114 valence electrons. The molecule has 1 saturated carbocycles. The van der Waals surface area contributed by atoms with Gasteiger partial charge < -0.3 is 10.1 Å². The molecule has 4 nitrogen and oxygen atoms in total. The van der Waals surface area contributed by atoms with Gasteiger partial charge in [-0.1, -0.05) is 24.4 Å². The SMILES string of the molecule is CCOC1(C(Cc2c(C)nn(C)c2Cl)NC)CCCC1. The van der Waals surface area contributed by atoms with E-state index in [0.29, 0.717) is 0 Å². The van der Waals surface area contributed by atoms with Crippen molar-refractivity contribution >= 4 is 11.6 Å². The number of nitrogens with zero attached hydrogens (tertiary/aromatic N) is 2. The molecule has 1 aromatic heterocycles. The molecule has 0 aliphatic heterocycles. The van der Waals surface area contributed by atoms with E-state index in [1.165, 1.54) is 12.8 Å². The van der Waals surface area contributed by atoms with Crippen LogP contribution in [0.4, 0.5) is 0 Å². The molecule has 1 N–H and O–H groups in total. The Hall–Kier alpha value is -0.580. The third-order valence-corrected chi connectivity index (χ3v) is 5.02. The Kier molecular flexibility index (Phi) is 5.10. The van der Waals surface area contributed by atoms with Gasteiger partial charge in [-0.2, -0.15) is 5.10 Å². The van der Waals surface area contributed by atoms with Gasteiger partial charge in [-0.15, -0.1) is 0 Å². The zero-order valence-corrected chi connectivity index (χ0v) is 13.8. The third-order valence-electron chi connectivity index (χ3n) is 4.54. The fourth-order valence-corrected chi connectivity index (χ4v) is 3.77. The van der Waals surface area contributed by atoms with Gasteiger partial charge in [0, 0.05) is 25.3 Å². The lowest BCUT2D eigenvalue weighted by molar-refractivity contribution is -0.0597. The Morgan fingerprint density at radius 1 is 1.45 bits per heavy atom. The van der Waals surface area contributed by atoms with Crippen molar-refractivity contribution in [2.45, 2.75) is 57.6 Å². The molecule has 0 amide bonds. The van der Waals surface area contributed by atoms with Crippen LogP contribution >= 0.6 is 11.6 Å². The molecule has 1 aliphatic carbocycles. The van der Waals surface area contributed by atoms with Crippen LogP contribution in [0.2, 0.25) is 5.15 Å². The predicted octanol–water partition coefficient (Wildman–Crippen LogP) is 2.86. The molecule has 0 saturated heterocycles. The highest BCUT2D eigenvalue weighted by atomic mass is 35.5. The molecule has 1 heterocycles. The summed E-state index contributed by atoms with van der Waals surface area (Å²) in [5, 5.41) is 8.61. The van der Waals surface area contributed by atoms with Crippen LogP contribution in [-0.2, 0) is 18.2 Å². The lowest BCUT2D eigenvalue weighted by atomic mass is 9.87. The molecular weight excluding hydrogens is 274 g/mol. The summed E-state index contributed by atoms with van der Waals surface area (Å²) in [5.74, 6) is 0. The summed E-state index contributed by atoms with van der Waals surface area (Å²) in [7, 11) is 3.91.